The molecule has 1 heterocycles. The molecule has 1 aliphatic heterocycles. The topological polar surface area (TPSA) is 132 Å². The molecule has 0 aromatic heterocycles. The average molecular weight is 313 g/mol. The molecule has 0 spiro atoms. The second-order valence-corrected chi connectivity index (χ2v) is 7.54. The number of sulfone groups is 1. The van der Waals surface area contributed by atoms with Crippen LogP contribution in [0.5, 0.6) is 0 Å². The summed E-state index contributed by atoms with van der Waals surface area (Å²) in [5, 5.41) is 13.6. The maximum absolute atomic E-state index is 12.2. The Balaban J connectivity index is 2.30. The van der Waals surface area contributed by atoms with Crippen LogP contribution in [0.1, 0.15) is 23.7 Å². The van der Waals surface area contributed by atoms with Gasteiger partial charge in [-0.1, -0.05) is 6.07 Å². The van der Waals surface area contributed by atoms with Gasteiger partial charge in [0.1, 0.15) is 11.3 Å². The molecule has 1 atom stereocenters. The third kappa shape index (κ3) is 3.13. The van der Waals surface area contributed by atoms with E-state index in [-0.39, 0.29) is 29.2 Å². The van der Waals surface area contributed by atoms with Crippen LogP contribution in [0.4, 0.5) is 11.4 Å². The zero-order valence-electron chi connectivity index (χ0n) is 11.3. The van der Waals surface area contributed by atoms with Crippen molar-refractivity contribution in [3.8, 4) is 0 Å². The van der Waals surface area contributed by atoms with Crippen LogP contribution in [0.3, 0.4) is 0 Å². The van der Waals surface area contributed by atoms with Crippen molar-refractivity contribution in [3.63, 3.8) is 0 Å². The first-order chi connectivity index (χ1) is 9.64. The Morgan fingerprint density at radius 2 is 2.14 bits per heavy atom. The molecule has 8 nitrogen and oxygen atoms in total. The normalized spacial score (nSPS) is 23.7. The number of carbonyl (C=O) groups is 1. The molecule has 0 aliphatic carbocycles. The summed E-state index contributed by atoms with van der Waals surface area (Å²) in [6, 6.07) is 4.05. The highest BCUT2D eigenvalue weighted by Gasteiger charge is 2.40. The van der Waals surface area contributed by atoms with Crippen molar-refractivity contribution < 1.29 is 18.1 Å². The van der Waals surface area contributed by atoms with Crippen molar-refractivity contribution in [1.82, 2.24) is 5.32 Å². The van der Waals surface area contributed by atoms with Crippen molar-refractivity contribution in [1.29, 1.82) is 0 Å². The number of nitrogens with one attached hydrogen (secondary N) is 1. The minimum Gasteiger partial charge on any atom is -0.393 e. The van der Waals surface area contributed by atoms with E-state index in [1.807, 2.05) is 0 Å². The minimum absolute atomic E-state index is 0.0111. The Morgan fingerprint density at radius 3 is 2.67 bits per heavy atom. The first kappa shape index (κ1) is 15.2. The highest BCUT2D eigenvalue weighted by atomic mass is 32.2. The molecule has 0 saturated carbocycles. The third-order valence-electron chi connectivity index (χ3n) is 3.41. The van der Waals surface area contributed by atoms with Crippen molar-refractivity contribution in [3.05, 3.63) is 33.9 Å². The van der Waals surface area contributed by atoms with Gasteiger partial charge >= 0.3 is 5.69 Å². The molecule has 1 unspecified atom stereocenters. The molecule has 0 bridgehead atoms. The van der Waals surface area contributed by atoms with Gasteiger partial charge in [0.25, 0.3) is 5.91 Å². The summed E-state index contributed by atoms with van der Waals surface area (Å²) in [4.78, 5) is 22.5. The summed E-state index contributed by atoms with van der Waals surface area (Å²) in [7, 11) is -3.19. The van der Waals surface area contributed by atoms with E-state index in [4.69, 9.17) is 5.73 Å². The standard InChI is InChI=1S/C12H15N3O5S/c1-12(5-6-21(19,20)7-12)14-11(16)8-3-2-4-9(13)10(8)15(17)18/h2-4H,5-7,13H2,1H3,(H,14,16). The van der Waals surface area contributed by atoms with Crippen molar-refractivity contribution in [2.75, 3.05) is 17.2 Å². The van der Waals surface area contributed by atoms with Gasteiger partial charge in [0.15, 0.2) is 9.84 Å². The van der Waals surface area contributed by atoms with Gasteiger partial charge in [0.2, 0.25) is 0 Å². The summed E-state index contributed by atoms with van der Waals surface area (Å²) in [5.41, 5.74) is 3.84. The number of carbonyl (C=O) groups excluding carboxylic acids is 1. The molecule has 1 amide bonds. The lowest BCUT2D eigenvalue weighted by molar-refractivity contribution is -0.384. The number of hydrogen-bond acceptors (Lipinski definition) is 6. The second kappa shape index (κ2) is 4.99. The van der Waals surface area contributed by atoms with Gasteiger partial charge in [-0.2, -0.15) is 0 Å². The predicted molar refractivity (Wildman–Crippen MR) is 76.7 cm³/mol. The maximum Gasteiger partial charge on any atom is 0.304 e. The first-order valence-corrected chi connectivity index (χ1v) is 8.01. The van der Waals surface area contributed by atoms with Crippen molar-refractivity contribution in [2.45, 2.75) is 18.9 Å². The predicted octanol–water partition coefficient (Wildman–Crippen LogP) is 0.484. The highest BCUT2D eigenvalue weighted by Crippen LogP contribution is 2.28. The van der Waals surface area contributed by atoms with E-state index in [1.54, 1.807) is 6.92 Å². The van der Waals surface area contributed by atoms with Gasteiger partial charge in [-0.05, 0) is 25.5 Å². The van der Waals surface area contributed by atoms with Crippen LogP contribution in [0, 0.1) is 10.1 Å². The van der Waals surface area contributed by atoms with E-state index in [2.05, 4.69) is 5.32 Å². The van der Waals surface area contributed by atoms with Crippen LogP contribution in [-0.2, 0) is 9.84 Å². The molecule has 1 aromatic carbocycles. The van der Waals surface area contributed by atoms with E-state index >= 15 is 0 Å². The number of benzene rings is 1. The van der Waals surface area contributed by atoms with Crippen LogP contribution in [-0.4, -0.2) is 36.3 Å². The molecule has 114 valence electrons. The van der Waals surface area contributed by atoms with Crippen LogP contribution in [0.25, 0.3) is 0 Å². The number of nitrogens with zero attached hydrogens (tertiary/aromatic N) is 1. The third-order valence-corrected chi connectivity index (χ3v) is 5.32. The lowest BCUT2D eigenvalue weighted by atomic mass is 10.0. The lowest BCUT2D eigenvalue weighted by Crippen LogP contribution is -2.47. The van der Waals surface area contributed by atoms with Crippen LogP contribution in [0.2, 0.25) is 0 Å². The number of nitrogen functional groups attached to an aromatic ring is 1. The van der Waals surface area contributed by atoms with Gasteiger partial charge in [-0.15, -0.1) is 0 Å². The van der Waals surface area contributed by atoms with Gasteiger partial charge < -0.3 is 11.1 Å². The fourth-order valence-electron chi connectivity index (χ4n) is 2.40. The molecule has 2 rings (SSSR count). The molecular weight excluding hydrogens is 298 g/mol. The van der Waals surface area contributed by atoms with Crippen molar-refractivity contribution in [2.24, 2.45) is 0 Å². The molecular formula is C12H15N3O5S. The van der Waals surface area contributed by atoms with E-state index in [0.717, 1.165) is 0 Å². The fraction of sp³-hybridized carbons (Fsp3) is 0.417. The van der Waals surface area contributed by atoms with Crippen molar-refractivity contribution >= 4 is 27.1 Å². The Morgan fingerprint density at radius 1 is 1.48 bits per heavy atom. The number of nitrogens with two attached hydrogens (primary N) is 1. The van der Waals surface area contributed by atoms with E-state index in [0.29, 0.717) is 0 Å². The number of nitro benzene ring substituents is 1. The maximum atomic E-state index is 12.2. The van der Waals surface area contributed by atoms with E-state index < -0.39 is 31.9 Å². The first-order valence-electron chi connectivity index (χ1n) is 6.19. The zero-order valence-corrected chi connectivity index (χ0v) is 12.1. The summed E-state index contributed by atoms with van der Waals surface area (Å²) in [5.74, 6) is -0.890. The van der Waals surface area contributed by atoms with E-state index in [1.165, 1.54) is 18.2 Å². The smallest absolute Gasteiger partial charge is 0.304 e. The molecule has 9 heteroatoms. The molecule has 0 radical (unpaired) electrons. The monoisotopic (exact) mass is 313 g/mol. The Hall–Kier alpha value is -2.16. The quantitative estimate of drug-likeness (QED) is 0.474. The van der Waals surface area contributed by atoms with Gasteiger partial charge in [0.05, 0.1) is 22.0 Å². The van der Waals surface area contributed by atoms with Gasteiger partial charge in [-0.25, -0.2) is 8.42 Å². The molecule has 1 aliphatic rings. The van der Waals surface area contributed by atoms with Crippen LogP contribution < -0.4 is 11.1 Å². The minimum atomic E-state index is -3.19. The number of rotatable bonds is 3. The Kier molecular flexibility index (Phi) is 3.62. The molecule has 1 saturated heterocycles. The zero-order chi connectivity index (χ0) is 15.8. The van der Waals surface area contributed by atoms with Crippen LogP contribution >= 0.6 is 0 Å². The summed E-state index contributed by atoms with van der Waals surface area (Å²) in [6.07, 6.45) is 0.275. The molecule has 1 fully saturated rings. The number of nitro groups is 1. The van der Waals surface area contributed by atoms with Gasteiger partial charge in [0, 0.05) is 0 Å². The molecule has 21 heavy (non-hydrogen) atoms. The van der Waals surface area contributed by atoms with Gasteiger partial charge in [-0.3, -0.25) is 14.9 Å². The summed E-state index contributed by atoms with van der Waals surface area (Å²) >= 11 is 0. The Labute approximate surface area is 121 Å². The number of para-hydroxylation sites is 1. The summed E-state index contributed by atoms with van der Waals surface area (Å²) in [6.45, 7) is 1.60. The second-order valence-electron chi connectivity index (χ2n) is 5.36. The number of hydrogen-bond donors (Lipinski definition) is 2. The van der Waals surface area contributed by atoms with E-state index in [9.17, 15) is 23.3 Å². The fourth-order valence-corrected chi connectivity index (χ4v) is 4.49. The largest absolute Gasteiger partial charge is 0.393 e. The number of amides is 1. The number of anilines is 1. The molecule has 3 N–H and O–H groups in total. The highest BCUT2D eigenvalue weighted by molar-refractivity contribution is 7.91. The molecule has 1 aromatic rings. The Bertz CT molecular complexity index is 716. The SMILES string of the molecule is CC1(NC(=O)c2cccc(N)c2[N+](=O)[O-])CCS(=O)(=O)C1. The average Bonchev–Trinajstić information content (AvgIpc) is 2.62. The lowest BCUT2D eigenvalue weighted by Gasteiger charge is -2.23. The van der Waals surface area contributed by atoms with Crippen LogP contribution in [0.15, 0.2) is 18.2 Å². The summed E-state index contributed by atoms with van der Waals surface area (Å²) < 4.78 is 23.0.